The van der Waals surface area contributed by atoms with Crippen LogP contribution in [0.1, 0.15) is 66.3 Å². The summed E-state index contributed by atoms with van der Waals surface area (Å²) < 4.78 is 50.8. The normalized spacial score (nSPS) is 15.2. The van der Waals surface area contributed by atoms with Crippen molar-refractivity contribution in [1.82, 2.24) is 30.2 Å². The number of piperidine rings is 1. The Bertz CT molecular complexity index is 2570. The number of sulfonamides is 1. The third-order valence-corrected chi connectivity index (χ3v) is 12.8. The molecule has 0 spiro atoms. The van der Waals surface area contributed by atoms with Crippen molar-refractivity contribution in [2.24, 2.45) is 0 Å². The van der Waals surface area contributed by atoms with E-state index in [1.54, 1.807) is 63.4 Å². The predicted octanol–water partition coefficient (Wildman–Crippen LogP) is 3.91. The summed E-state index contributed by atoms with van der Waals surface area (Å²) in [5.74, 6) is -0.590. The zero-order chi connectivity index (χ0) is 50.8. The number of amides is 4. The summed E-state index contributed by atoms with van der Waals surface area (Å²) in [5, 5.41) is 14.4. The summed E-state index contributed by atoms with van der Waals surface area (Å²) in [6.45, 7) is 13.0. The lowest BCUT2D eigenvalue weighted by atomic mass is 10.0. The van der Waals surface area contributed by atoms with E-state index in [0.29, 0.717) is 115 Å². The minimum absolute atomic E-state index is 0.0479. The molecular weight excluding hydrogens is 937 g/mol. The van der Waals surface area contributed by atoms with Crippen molar-refractivity contribution in [3.63, 3.8) is 0 Å². The van der Waals surface area contributed by atoms with Crippen molar-refractivity contribution in [2.45, 2.75) is 63.4 Å². The van der Waals surface area contributed by atoms with Gasteiger partial charge in [-0.25, -0.2) is 18.1 Å². The van der Waals surface area contributed by atoms with E-state index in [1.165, 1.54) is 6.07 Å². The average molecular weight is 1000 g/mol. The minimum Gasteiger partial charge on any atom is -0.382 e. The molecule has 3 heterocycles. The SMILES string of the molecule is Cc1cnc(Nc2ccc(N3CCN(C(=O)CCOCCOCCOCCOCCNc4cccc(C(=O)NC5CCC(=O)NC5=O)c4C=O)CC3)cc2)nc1Nc1cccc(S(=O)(=O)NC(C)(C)C)c1. The number of aromatic nitrogens is 2. The van der Waals surface area contributed by atoms with Gasteiger partial charge in [0.15, 0.2) is 6.29 Å². The van der Waals surface area contributed by atoms with Gasteiger partial charge >= 0.3 is 0 Å². The van der Waals surface area contributed by atoms with E-state index in [4.69, 9.17) is 18.9 Å². The molecule has 382 valence electrons. The van der Waals surface area contributed by atoms with Gasteiger partial charge in [0.25, 0.3) is 5.91 Å². The predicted molar refractivity (Wildman–Crippen MR) is 267 cm³/mol. The number of imide groups is 1. The molecule has 6 N–H and O–H groups in total. The third-order valence-electron chi connectivity index (χ3n) is 11.1. The maximum absolute atomic E-state index is 12.9. The van der Waals surface area contributed by atoms with Crippen LogP contribution in [0.5, 0.6) is 0 Å². The Morgan fingerprint density at radius 2 is 1.49 bits per heavy atom. The number of hydrogen-bond donors (Lipinski definition) is 6. The number of carbonyl (C=O) groups excluding carboxylic acids is 5. The maximum Gasteiger partial charge on any atom is 0.252 e. The molecule has 2 saturated heterocycles. The van der Waals surface area contributed by atoms with Gasteiger partial charge in [-0.1, -0.05) is 12.1 Å². The fraction of sp³-hybridized carbons (Fsp3) is 0.449. The van der Waals surface area contributed by atoms with Crippen LogP contribution in [-0.4, -0.2) is 150 Å². The first-order valence-corrected chi connectivity index (χ1v) is 25.0. The Labute approximate surface area is 414 Å². The molecule has 6 rings (SSSR count). The van der Waals surface area contributed by atoms with Gasteiger partial charge < -0.3 is 50.0 Å². The Hall–Kier alpha value is -6.56. The number of aldehydes is 1. The molecule has 4 aromatic rings. The van der Waals surface area contributed by atoms with Crippen LogP contribution in [-0.2, 0) is 43.4 Å². The number of carbonyl (C=O) groups is 5. The Balaban J connectivity index is 0.781. The lowest BCUT2D eigenvalue weighted by Gasteiger charge is -2.36. The number of benzene rings is 3. The van der Waals surface area contributed by atoms with E-state index >= 15 is 0 Å². The second kappa shape index (κ2) is 26.1. The quantitative estimate of drug-likeness (QED) is 0.0296. The molecule has 4 amide bonds. The second-order valence-corrected chi connectivity index (χ2v) is 19.4. The number of hydrogen-bond acceptors (Lipinski definition) is 17. The fourth-order valence-corrected chi connectivity index (χ4v) is 8.98. The molecule has 0 saturated carbocycles. The van der Waals surface area contributed by atoms with Crippen molar-refractivity contribution in [3.8, 4) is 0 Å². The second-order valence-electron chi connectivity index (χ2n) is 17.8. The van der Waals surface area contributed by atoms with Gasteiger partial charge in [0.05, 0.1) is 75.3 Å². The van der Waals surface area contributed by atoms with Crippen LogP contribution in [0.15, 0.2) is 77.8 Å². The highest BCUT2D eigenvalue weighted by molar-refractivity contribution is 7.89. The molecule has 0 radical (unpaired) electrons. The molecule has 1 atom stereocenters. The monoisotopic (exact) mass is 1000 g/mol. The number of aryl methyl sites for hydroxylation is 1. The van der Waals surface area contributed by atoms with Gasteiger partial charge in [0.1, 0.15) is 11.9 Å². The van der Waals surface area contributed by atoms with Crippen LogP contribution in [0, 0.1) is 6.92 Å². The molecule has 22 heteroatoms. The highest BCUT2D eigenvalue weighted by Gasteiger charge is 2.29. The molecular formula is C49H64N10O11S. The number of ether oxygens (including phenoxy) is 4. The Morgan fingerprint density at radius 3 is 2.15 bits per heavy atom. The summed E-state index contributed by atoms with van der Waals surface area (Å²) in [4.78, 5) is 74.4. The van der Waals surface area contributed by atoms with Gasteiger partial charge in [0.2, 0.25) is 33.7 Å². The van der Waals surface area contributed by atoms with Gasteiger partial charge in [-0.2, -0.15) is 4.98 Å². The van der Waals surface area contributed by atoms with Crippen molar-refractivity contribution in [1.29, 1.82) is 0 Å². The summed E-state index contributed by atoms with van der Waals surface area (Å²) in [6.07, 6.45) is 2.86. The molecule has 2 aliphatic rings. The topological polar surface area (TPSA) is 261 Å². The summed E-state index contributed by atoms with van der Waals surface area (Å²) in [5.41, 5.74) is 3.27. The summed E-state index contributed by atoms with van der Waals surface area (Å²) >= 11 is 0. The fourth-order valence-electron chi connectivity index (χ4n) is 7.52. The van der Waals surface area contributed by atoms with Gasteiger partial charge in [-0.15, -0.1) is 0 Å². The molecule has 1 unspecified atom stereocenters. The molecule has 0 aliphatic carbocycles. The standard InChI is InChI=1S/C49H64N10O11S/c1-34-32-51-48(56-45(34)52-36-7-5-8-38(31-36)71(65,66)57-49(2,3)4)53-35-11-13-37(14-12-35)58-19-21-59(22-20-58)44(62)17-23-67-25-27-69-29-30-70-28-26-68-24-18-50-41-10-6-9-39(40(41)33-60)46(63)54-42-15-16-43(61)55-47(42)64/h5-14,31-33,42,50,57H,15-30H2,1-4H3,(H,54,63)(H,55,61,64)(H2,51,52,53,56). The highest BCUT2D eigenvalue weighted by atomic mass is 32.2. The van der Waals surface area contributed by atoms with Gasteiger partial charge in [0, 0.05) is 79.2 Å². The van der Waals surface area contributed by atoms with Gasteiger partial charge in [-0.3, -0.25) is 29.3 Å². The van der Waals surface area contributed by atoms with Crippen LogP contribution < -0.4 is 36.2 Å². The van der Waals surface area contributed by atoms with Crippen LogP contribution in [0.25, 0.3) is 0 Å². The zero-order valence-corrected chi connectivity index (χ0v) is 41.4. The van der Waals surface area contributed by atoms with E-state index in [0.717, 1.165) is 16.9 Å². The zero-order valence-electron chi connectivity index (χ0n) is 40.6. The summed E-state index contributed by atoms with van der Waals surface area (Å²) in [7, 11) is -3.72. The number of anilines is 6. The molecule has 71 heavy (non-hydrogen) atoms. The van der Waals surface area contributed by atoms with E-state index in [9.17, 15) is 32.4 Å². The van der Waals surface area contributed by atoms with Crippen molar-refractivity contribution in [3.05, 3.63) is 89.6 Å². The highest BCUT2D eigenvalue weighted by Crippen LogP contribution is 2.26. The first kappa shape index (κ1) is 53.8. The van der Waals surface area contributed by atoms with Crippen LogP contribution >= 0.6 is 0 Å². The van der Waals surface area contributed by atoms with E-state index < -0.39 is 33.4 Å². The van der Waals surface area contributed by atoms with E-state index in [2.05, 4.69) is 46.2 Å². The third kappa shape index (κ3) is 16.8. The first-order chi connectivity index (χ1) is 34.1. The largest absolute Gasteiger partial charge is 0.382 e. The number of piperazine rings is 1. The van der Waals surface area contributed by atoms with Crippen LogP contribution in [0.4, 0.5) is 34.5 Å². The number of rotatable bonds is 26. The van der Waals surface area contributed by atoms with E-state index in [-0.39, 0.29) is 47.1 Å². The van der Waals surface area contributed by atoms with Crippen molar-refractivity contribution in [2.75, 3.05) is 106 Å². The molecule has 21 nitrogen and oxygen atoms in total. The van der Waals surface area contributed by atoms with Gasteiger partial charge in [-0.05, 0) is 88.7 Å². The van der Waals surface area contributed by atoms with Crippen molar-refractivity contribution < 1.29 is 51.3 Å². The lowest BCUT2D eigenvalue weighted by molar-refractivity contribution is -0.135. The smallest absolute Gasteiger partial charge is 0.252 e. The molecule has 3 aromatic carbocycles. The summed E-state index contributed by atoms with van der Waals surface area (Å²) in [6, 6.07) is 18.4. The van der Waals surface area contributed by atoms with Crippen molar-refractivity contribution >= 4 is 74.5 Å². The Kier molecular flexibility index (Phi) is 19.7. The first-order valence-electron chi connectivity index (χ1n) is 23.5. The average Bonchev–Trinajstić information content (AvgIpc) is 3.34. The Morgan fingerprint density at radius 1 is 0.831 bits per heavy atom. The molecule has 2 fully saturated rings. The molecule has 0 bridgehead atoms. The van der Waals surface area contributed by atoms with Crippen LogP contribution in [0.3, 0.4) is 0 Å². The molecule has 2 aliphatic heterocycles. The van der Waals surface area contributed by atoms with E-state index in [1.807, 2.05) is 36.1 Å². The number of nitrogens with zero attached hydrogens (tertiary/aromatic N) is 4. The van der Waals surface area contributed by atoms with Crippen LogP contribution in [0.2, 0.25) is 0 Å². The lowest BCUT2D eigenvalue weighted by Crippen LogP contribution is -2.52. The minimum atomic E-state index is -3.72. The molecule has 1 aromatic heterocycles. The maximum atomic E-state index is 12.9. The number of nitrogens with one attached hydrogen (secondary N) is 6.